The van der Waals surface area contributed by atoms with Crippen LogP contribution in [0.25, 0.3) is 0 Å². The number of methoxy groups -OCH3 is 1. The average Bonchev–Trinajstić information content (AvgIpc) is 3.08. The number of rotatable bonds is 6. The van der Waals surface area contributed by atoms with E-state index in [0.717, 1.165) is 4.90 Å². The van der Waals surface area contributed by atoms with Crippen molar-refractivity contribution in [2.45, 2.75) is 4.90 Å². The van der Waals surface area contributed by atoms with Crippen molar-refractivity contribution < 1.29 is 37.4 Å². The van der Waals surface area contributed by atoms with Crippen molar-refractivity contribution in [1.82, 2.24) is 0 Å². The van der Waals surface area contributed by atoms with E-state index in [1.54, 1.807) is 0 Å². The molecule has 0 saturated heterocycles. The van der Waals surface area contributed by atoms with E-state index in [9.17, 15) is 32.7 Å². The Morgan fingerprint density at radius 2 is 1.60 bits per heavy atom. The van der Waals surface area contributed by atoms with Gasteiger partial charge in [0.2, 0.25) is 10.0 Å². The van der Waals surface area contributed by atoms with E-state index in [-0.39, 0.29) is 38.5 Å². The zero-order chi connectivity index (χ0) is 25.5. The third-order valence-electron chi connectivity index (χ3n) is 5.28. The summed E-state index contributed by atoms with van der Waals surface area (Å²) < 4.78 is 27.9. The molecule has 0 saturated carbocycles. The summed E-state index contributed by atoms with van der Waals surface area (Å²) in [5, 5.41) is 17.0. The number of sulfonamides is 1. The van der Waals surface area contributed by atoms with Gasteiger partial charge in [-0.3, -0.25) is 14.4 Å². The van der Waals surface area contributed by atoms with E-state index in [1.165, 1.54) is 67.8 Å². The summed E-state index contributed by atoms with van der Waals surface area (Å²) in [6, 6.07) is 12.9. The summed E-state index contributed by atoms with van der Waals surface area (Å²) in [5.74, 6) is -3.05. The number of benzene rings is 3. The van der Waals surface area contributed by atoms with Crippen LogP contribution >= 0.6 is 0 Å². The molecule has 3 aromatic rings. The zero-order valence-corrected chi connectivity index (χ0v) is 18.8. The highest BCUT2D eigenvalue weighted by Gasteiger charge is 2.37. The molecule has 0 aliphatic carbocycles. The van der Waals surface area contributed by atoms with Crippen molar-refractivity contribution in [2.75, 3.05) is 17.3 Å². The number of hydrogen-bond donors (Lipinski definition) is 3. The maximum Gasteiger partial charge on any atom is 0.337 e. The number of nitrogens with zero attached hydrogens (tertiary/aromatic N) is 1. The molecule has 0 spiro atoms. The van der Waals surface area contributed by atoms with Crippen molar-refractivity contribution in [1.29, 1.82) is 0 Å². The van der Waals surface area contributed by atoms with Crippen LogP contribution in [-0.4, -0.2) is 44.3 Å². The van der Waals surface area contributed by atoms with Gasteiger partial charge in [0.15, 0.2) is 0 Å². The van der Waals surface area contributed by atoms with Gasteiger partial charge >= 0.3 is 5.97 Å². The summed E-state index contributed by atoms with van der Waals surface area (Å²) in [4.78, 5) is 50.8. The highest BCUT2D eigenvalue weighted by atomic mass is 32.2. The molecule has 12 heteroatoms. The van der Waals surface area contributed by atoms with E-state index < -0.39 is 33.7 Å². The normalized spacial score (nSPS) is 12.9. The fraction of sp³-hybridized carbons (Fsp3) is 0.0435. The quantitative estimate of drug-likeness (QED) is 0.436. The maximum absolute atomic E-state index is 13.0. The molecule has 4 rings (SSSR count). The van der Waals surface area contributed by atoms with Gasteiger partial charge in [0.05, 0.1) is 40.1 Å². The molecule has 0 aromatic heterocycles. The smallest absolute Gasteiger partial charge is 0.337 e. The molecule has 1 heterocycles. The summed E-state index contributed by atoms with van der Waals surface area (Å²) >= 11 is 0. The maximum atomic E-state index is 13.0. The fourth-order valence-electron chi connectivity index (χ4n) is 3.53. The number of primary sulfonamides is 1. The number of nitrogens with one attached hydrogen (secondary N) is 1. The second-order valence-corrected chi connectivity index (χ2v) is 8.98. The van der Waals surface area contributed by atoms with Gasteiger partial charge in [0, 0.05) is 5.56 Å². The summed E-state index contributed by atoms with van der Waals surface area (Å²) in [7, 11) is -2.58. The highest BCUT2D eigenvalue weighted by Crippen LogP contribution is 2.30. The number of hydrogen-bond acceptors (Lipinski definition) is 7. The van der Waals surface area contributed by atoms with Crippen molar-refractivity contribution >= 4 is 45.1 Å². The van der Waals surface area contributed by atoms with Crippen LogP contribution < -0.4 is 20.1 Å². The van der Waals surface area contributed by atoms with Gasteiger partial charge in [-0.1, -0.05) is 0 Å². The topological polar surface area (TPSA) is 173 Å². The van der Waals surface area contributed by atoms with Crippen LogP contribution in [0, 0.1) is 0 Å². The first-order valence-corrected chi connectivity index (χ1v) is 11.4. The lowest BCUT2D eigenvalue weighted by molar-refractivity contribution is 0.0697. The molecule has 4 N–H and O–H groups in total. The monoisotopic (exact) mass is 495 g/mol. The summed E-state index contributed by atoms with van der Waals surface area (Å²) in [6.07, 6.45) is 0. The number of aromatic carboxylic acids is 1. The van der Waals surface area contributed by atoms with Crippen molar-refractivity contribution in [3.8, 4) is 5.75 Å². The zero-order valence-electron chi connectivity index (χ0n) is 18.0. The van der Waals surface area contributed by atoms with Crippen LogP contribution in [0.1, 0.15) is 41.4 Å². The Bertz CT molecular complexity index is 1510. The average molecular weight is 495 g/mol. The van der Waals surface area contributed by atoms with Crippen LogP contribution in [0.3, 0.4) is 0 Å². The minimum absolute atomic E-state index is 0.0165. The van der Waals surface area contributed by atoms with E-state index >= 15 is 0 Å². The molecule has 0 unspecified atom stereocenters. The first-order chi connectivity index (χ1) is 16.5. The summed E-state index contributed by atoms with van der Waals surface area (Å²) in [6.45, 7) is 0. The number of carbonyl (C=O) groups excluding carboxylic acids is 3. The molecular formula is C23H17N3O8S. The first-order valence-electron chi connectivity index (χ1n) is 9.89. The standard InChI is InChI=1S/C23H17N3O8S/c1-34-14-5-9-19(18(11-14)23(30)31)25-20(27)12-2-8-16-17(10-12)22(29)26(21(16)28)13-3-6-15(7-4-13)35(24,32)33/h2-11H,1H3,(H,25,27)(H,30,31)(H2,24,32,33). The lowest BCUT2D eigenvalue weighted by Gasteiger charge is -2.14. The predicted molar refractivity (Wildman–Crippen MR) is 123 cm³/mol. The van der Waals surface area contributed by atoms with E-state index in [1.807, 2.05) is 0 Å². The molecule has 0 atom stereocenters. The number of carbonyl (C=O) groups is 4. The SMILES string of the molecule is COc1ccc(NC(=O)c2ccc3c(c2)C(=O)N(c2ccc(S(N)(=O)=O)cc2)C3=O)c(C(=O)O)c1. The van der Waals surface area contributed by atoms with Gasteiger partial charge in [-0.25, -0.2) is 23.3 Å². The van der Waals surface area contributed by atoms with E-state index in [2.05, 4.69) is 5.32 Å². The molecule has 0 fully saturated rings. The molecular weight excluding hydrogens is 478 g/mol. The Labute approximate surface area is 198 Å². The van der Waals surface area contributed by atoms with Gasteiger partial charge in [0.1, 0.15) is 5.75 Å². The van der Waals surface area contributed by atoms with Gasteiger partial charge in [-0.2, -0.15) is 0 Å². The minimum atomic E-state index is -3.95. The predicted octanol–water partition coefficient (Wildman–Crippen LogP) is 2.09. The third-order valence-corrected chi connectivity index (χ3v) is 6.21. The number of carboxylic acids is 1. The number of ether oxygens (including phenoxy) is 1. The number of imide groups is 1. The molecule has 1 aliphatic rings. The van der Waals surface area contributed by atoms with Crippen molar-refractivity contribution in [3.63, 3.8) is 0 Å². The number of anilines is 2. The molecule has 3 aromatic carbocycles. The Hall–Kier alpha value is -4.55. The van der Waals surface area contributed by atoms with Gasteiger partial charge in [0.25, 0.3) is 17.7 Å². The van der Waals surface area contributed by atoms with Crippen LogP contribution in [-0.2, 0) is 10.0 Å². The minimum Gasteiger partial charge on any atom is -0.497 e. The van der Waals surface area contributed by atoms with Crippen LogP contribution in [0.4, 0.5) is 11.4 Å². The number of nitrogens with two attached hydrogens (primary N) is 1. The second-order valence-electron chi connectivity index (χ2n) is 7.42. The lowest BCUT2D eigenvalue weighted by atomic mass is 10.0. The Morgan fingerprint density at radius 1 is 0.943 bits per heavy atom. The number of fused-ring (bicyclic) bond motifs is 1. The Balaban J connectivity index is 1.62. The molecule has 178 valence electrons. The fourth-order valence-corrected chi connectivity index (χ4v) is 4.05. The van der Waals surface area contributed by atoms with E-state index in [4.69, 9.17) is 9.88 Å². The molecule has 1 aliphatic heterocycles. The highest BCUT2D eigenvalue weighted by molar-refractivity contribution is 7.89. The third kappa shape index (κ3) is 4.35. The van der Waals surface area contributed by atoms with E-state index in [0.29, 0.717) is 5.75 Å². The van der Waals surface area contributed by atoms with Crippen LogP contribution in [0.2, 0.25) is 0 Å². The van der Waals surface area contributed by atoms with Gasteiger partial charge in [-0.15, -0.1) is 0 Å². The molecule has 0 bridgehead atoms. The Kier molecular flexibility index (Phi) is 5.84. The Morgan fingerprint density at radius 3 is 2.20 bits per heavy atom. The van der Waals surface area contributed by atoms with Crippen LogP contribution in [0.15, 0.2) is 65.6 Å². The number of carboxylic acid groups (broad SMARTS) is 1. The molecule has 11 nitrogen and oxygen atoms in total. The first kappa shape index (κ1) is 23.6. The van der Waals surface area contributed by atoms with Crippen molar-refractivity contribution in [2.24, 2.45) is 5.14 Å². The lowest BCUT2D eigenvalue weighted by Crippen LogP contribution is -2.29. The summed E-state index contributed by atoms with van der Waals surface area (Å²) in [5.41, 5.74) is -0.0199. The largest absolute Gasteiger partial charge is 0.497 e. The molecule has 0 radical (unpaired) electrons. The van der Waals surface area contributed by atoms with Gasteiger partial charge < -0.3 is 15.2 Å². The molecule has 35 heavy (non-hydrogen) atoms. The second kappa shape index (κ2) is 8.66. The van der Waals surface area contributed by atoms with Crippen LogP contribution in [0.5, 0.6) is 5.75 Å². The van der Waals surface area contributed by atoms with Crippen molar-refractivity contribution in [3.05, 3.63) is 82.9 Å². The molecule has 3 amide bonds. The van der Waals surface area contributed by atoms with Gasteiger partial charge in [-0.05, 0) is 60.7 Å². The number of amides is 3.